The predicted molar refractivity (Wildman–Crippen MR) is 104 cm³/mol. The van der Waals surface area contributed by atoms with Crippen molar-refractivity contribution in [2.75, 3.05) is 13.2 Å². The number of hydrogen-bond acceptors (Lipinski definition) is 3. The molecule has 164 valence electrons. The number of hydrogen-bond donors (Lipinski definition) is 0. The van der Waals surface area contributed by atoms with Crippen LogP contribution in [0.5, 0.6) is 17.2 Å². The van der Waals surface area contributed by atoms with Gasteiger partial charge in [0.2, 0.25) is 0 Å². The van der Waals surface area contributed by atoms with Gasteiger partial charge in [-0.25, -0.2) is 8.78 Å². The van der Waals surface area contributed by atoms with E-state index in [1.165, 1.54) is 36.4 Å². The molecule has 0 aliphatic carbocycles. The lowest BCUT2D eigenvalue weighted by atomic mass is 10.1. The molecule has 1 unspecified atom stereocenters. The summed E-state index contributed by atoms with van der Waals surface area (Å²) in [4.78, 5) is 0. The second-order valence-electron chi connectivity index (χ2n) is 6.72. The van der Waals surface area contributed by atoms with Gasteiger partial charge in [0.1, 0.15) is 41.4 Å². The first-order valence-electron chi connectivity index (χ1n) is 9.35. The second kappa shape index (κ2) is 10.3. The van der Waals surface area contributed by atoms with Crippen molar-refractivity contribution in [2.24, 2.45) is 5.92 Å². The third kappa shape index (κ3) is 7.25. The van der Waals surface area contributed by atoms with E-state index in [9.17, 15) is 22.0 Å². The maximum Gasteiger partial charge on any atom is 0.397 e. The molecule has 0 aliphatic rings. The second-order valence-corrected chi connectivity index (χ2v) is 6.72. The topological polar surface area (TPSA) is 27.7 Å². The SMILES string of the molecule is Fc1ccc(OCC(COCc2cccc(Oc3ccc(F)cc3)c2)C(F)(F)F)cc1. The summed E-state index contributed by atoms with van der Waals surface area (Å²) >= 11 is 0. The zero-order valence-electron chi connectivity index (χ0n) is 16.2. The number of benzene rings is 3. The summed E-state index contributed by atoms with van der Waals surface area (Å²) in [6.07, 6.45) is -4.52. The van der Waals surface area contributed by atoms with Gasteiger partial charge in [-0.1, -0.05) is 12.1 Å². The van der Waals surface area contributed by atoms with E-state index in [0.717, 1.165) is 12.1 Å². The fraction of sp³-hybridized carbons (Fsp3) is 0.217. The molecule has 1 atom stereocenters. The van der Waals surface area contributed by atoms with Crippen molar-refractivity contribution in [1.82, 2.24) is 0 Å². The highest BCUT2D eigenvalue weighted by molar-refractivity contribution is 5.33. The number of halogens is 5. The highest BCUT2D eigenvalue weighted by atomic mass is 19.4. The smallest absolute Gasteiger partial charge is 0.397 e. The molecule has 0 spiro atoms. The van der Waals surface area contributed by atoms with Gasteiger partial charge in [0.05, 0.1) is 13.2 Å². The summed E-state index contributed by atoms with van der Waals surface area (Å²) in [6.45, 7) is -1.32. The van der Waals surface area contributed by atoms with Crippen LogP contribution < -0.4 is 9.47 Å². The van der Waals surface area contributed by atoms with Gasteiger partial charge in [0, 0.05) is 0 Å². The number of ether oxygens (including phenoxy) is 3. The Kier molecular flexibility index (Phi) is 7.46. The van der Waals surface area contributed by atoms with E-state index >= 15 is 0 Å². The highest BCUT2D eigenvalue weighted by Gasteiger charge is 2.40. The average molecular weight is 438 g/mol. The molecule has 0 bridgehead atoms. The lowest BCUT2D eigenvalue weighted by Crippen LogP contribution is -2.32. The van der Waals surface area contributed by atoms with Crippen LogP contribution in [0.3, 0.4) is 0 Å². The van der Waals surface area contributed by atoms with E-state index in [1.54, 1.807) is 24.3 Å². The van der Waals surface area contributed by atoms with Crippen molar-refractivity contribution < 1.29 is 36.2 Å². The van der Waals surface area contributed by atoms with E-state index < -0.39 is 36.9 Å². The van der Waals surface area contributed by atoms with Crippen LogP contribution in [-0.2, 0) is 11.3 Å². The molecule has 3 aromatic rings. The Balaban J connectivity index is 1.53. The van der Waals surface area contributed by atoms with E-state index in [0.29, 0.717) is 17.1 Å². The van der Waals surface area contributed by atoms with E-state index in [4.69, 9.17) is 14.2 Å². The molecule has 0 heterocycles. The third-order valence-electron chi connectivity index (χ3n) is 4.26. The summed E-state index contributed by atoms with van der Waals surface area (Å²) in [7, 11) is 0. The molecule has 8 heteroatoms. The summed E-state index contributed by atoms with van der Waals surface area (Å²) in [6, 6.07) is 16.8. The van der Waals surface area contributed by atoms with Gasteiger partial charge in [-0.15, -0.1) is 0 Å². The maximum atomic E-state index is 13.3. The van der Waals surface area contributed by atoms with Crippen LogP contribution >= 0.6 is 0 Å². The first-order valence-corrected chi connectivity index (χ1v) is 9.35. The van der Waals surface area contributed by atoms with Crippen molar-refractivity contribution in [3.63, 3.8) is 0 Å². The van der Waals surface area contributed by atoms with Crippen LogP contribution in [-0.4, -0.2) is 19.4 Å². The molecular weight excluding hydrogens is 419 g/mol. The molecule has 3 nitrogen and oxygen atoms in total. The first kappa shape index (κ1) is 22.6. The largest absolute Gasteiger partial charge is 0.493 e. The predicted octanol–water partition coefficient (Wildman–Crippen LogP) is 6.53. The van der Waals surface area contributed by atoms with Crippen molar-refractivity contribution in [1.29, 1.82) is 0 Å². The Bertz CT molecular complexity index is 956. The van der Waals surface area contributed by atoms with E-state index in [2.05, 4.69) is 0 Å². The van der Waals surface area contributed by atoms with Gasteiger partial charge in [-0.3, -0.25) is 0 Å². The fourth-order valence-electron chi connectivity index (χ4n) is 2.62. The maximum absolute atomic E-state index is 13.3. The van der Waals surface area contributed by atoms with E-state index in [1.807, 2.05) is 0 Å². The van der Waals surface area contributed by atoms with Crippen LogP contribution in [0.1, 0.15) is 5.56 Å². The Morgan fingerprint density at radius 2 is 1.32 bits per heavy atom. The zero-order valence-corrected chi connectivity index (χ0v) is 16.2. The van der Waals surface area contributed by atoms with Crippen molar-refractivity contribution in [2.45, 2.75) is 12.8 Å². The molecule has 0 N–H and O–H groups in total. The van der Waals surface area contributed by atoms with Crippen LogP contribution in [0, 0.1) is 17.6 Å². The van der Waals surface area contributed by atoms with Gasteiger partial charge in [-0.05, 0) is 66.2 Å². The lowest BCUT2D eigenvalue weighted by Gasteiger charge is -2.20. The standard InChI is InChI=1S/C23H19F5O3/c24-18-4-8-20(9-5-18)30-15-17(23(26,27)28)14-29-13-16-2-1-3-22(12-16)31-21-10-6-19(25)7-11-21/h1-12,17H,13-15H2. The monoisotopic (exact) mass is 438 g/mol. The van der Waals surface area contributed by atoms with Crippen LogP contribution in [0.25, 0.3) is 0 Å². The van der Waals surface area contributed by atoms with Crippen molar-refractivity contribution in [3.8, 4) is 17.2 Å². The molecule has 0 aromatic heterocycles. The van der Waals surface area contributed by atoms with Gasteiger partial charge in [0.15, 0.2) is 0 Å². The normalized spacial score (nSPS) is 12.4. The van der Waals surface area contributed by atoms with Crippen molar-refractivity contribution in [3.05, 3.63) is 90.0 Å². The Labute approximate surface area is 176 Å². The molecule has 0 saturated carbocycles. The Hall–Kier alpha value is -3.13. The molecule has 0 aliphatic heterocycles. The summed E-state index contributed by atoms with van der Waals surface area (Å²) in [5, 5.41) is 0. The van der Waals surface area contributed by atoms with Crippen LogP contribution in [0.15, 0.2) is 72.8 Å². The third-order valence-corrected chi connectivity index (χ3v) is 4.26. The molecule has 0 saturated heterocycles. The fourth-order valence-corrected chi connectivity index (χ4v) is 2.62. The highest BCUT2D eigenvalue weighted by Crippen LogP contribution is 2.28. The molecular formula is C23H19F5O3. The quantitative estimate of drug-likeness (QED) is 0.356. The number of alkyl halides is 3. The Morgan fingerprint density at radius 1 is 0.710 bits per heavy atom. The lowest BCUT2D eigenvalue weighted by molar-refractivity contribution is -0.196. The number of rotatable bonds is 9. The van der Waals surface area contributed by atoms with Gasteiger partial charge < -0.3 is 14.2 Å². The summed E-state index contributed by atoms with van der Waals surface area (Å²) in [5.41, 5.74) is 0.611. The minimum absolute atomic E-state index is 0.0657. The minimum Gasteiger partial charge on any atom is -0.493 e. The minimum atomic E-state index is -4.52. The summed E-state index contributed by atoms with van der Waals surface area (Å²) < 4.78 is 81.7. The van der Waals surface area contributed by atoms with Crippen LogP contribution in [0.4, 0.5) is 22.0 Å². The molecule has 0 fully saturated rings. The summed E-state index contributed by atoms with van der Waals surface area (Å²) in [5.74, 6) is -1.74. The molecule has 31 heavy (non-hydrogen) atoms. The van der Waals surface area contributed by atoms with E-state index in [-0.39, 0.29) is 12.4 Å². The first-order chi connectivity index (χ1) is 14.8. The molecule has 3 rings (SSSR count). The van der Waals surface area contributed by atoms with Gasteiger partial charge in [-0.2, -0.15) is 13.2 Å². The average Bonchev–Trinajstić information content (AvgIpc) is 2.73. The zero-order chi connectivity index (χ0) is 22.3. The van der Waals surface area contributed by atoms with Gasteiger partial charge in [0.25, 0.3) is 0 Å². The van der Waals surface area contributed by atoms with Crippen molar-refractivity contribution >= 4 is 0 Å². The van der Waals surface area contributed by atoms with Crippen LogP contribution in [0.2, 0.25) is 0 Å². The van der Waals surface area contributed by atoms with Gasteiger partial charge >= 0.3 is 6.18 Å². The molecule has 3 aromatic carbocycles. The molecule has 0 amide bonds. The Morgan fingerprint density at radius 3 is 1.94 bits per heavy atom. The molecule has 0 radical (unpaired) electrons.